The van der Waals surface area contributed by atoms with Gasteiger partial charge in [0.05, 0.1) is 10.7 Å². The van der Waals surface area contributed by atoms with E-state index in [0.717, 1.165) is 19.5 Å². The van der Waals surface area contributed by atoms with Crippen molar-refractivity contribution in [2.75, 3.05) is 6.54 Å². The highest BCUT2D eigenvalue weighted by molar-refractivity contribution is 7.11. The van der Waals surface area contributed by atoms with E-state index in [1.54, 1.807) is 0 Å². The quantitative estimate of drug-likeness (QED) is 0.848. The molecule has 0 spiro atoms. The minimum Gasteiger partial charge on any atom is -0.311 e. The summed E-state index contributed by atoms with van der Waals surface area (Å²) in [7, 11) is 0. The second kappa shape index (κ2) is 4.18. The molecule has 2 aliphatic rings. The summed E-state index contributed by atoms with van der Waals surface area (Å²) in [5, 5.41) is 4.79. The number of benzene rings is 1. The van der Waals surface area contributed by atoms with Gasteiger partial charge in [0.2, 0.25) is 0 Å². The van der Waals surface area contributed by atoms with E-state index in [1.807, 2.05) is 11.3 Å². The smallest absolute Gasteiger partial charge is 0.0969 e. The van der Waals surface area contributed by atoms with Crippen LogP contribution in [0.4, 0.5) is 0 Å². The highest BCUT2D eigenvalue weighted by Gasteiger charge is 2.26. The van der Waals surface area contributed by atoms with Crippen LogP contribution in [0.2, 0.25) is 0 Å². The molecule has 0 atom stereocenters. The first-order valence-corrected chi connectivity index (χ1v) is 7.48. The summed E-state index contributed by atoms with van der Waals surface area (Å²) in [5.41, 5.74) is 4.40. The molecule has 1 aliphatic heterocycles. The third-order valence-electron chi connectivity index (χ3n) is 4.02. The molecule has 2 nitrogen and oxygen atoms in total. The summed E-state index contributed by atoms with van der Waals surface area (Å²) >= 11 is 1.93. The minimum atomic E-state index is 0.623. The Kier molecular flexibility index (Phi) is 2.49. The van der Waals surface area contributed by atoms with Crippen LogP contribution in [0.15, 0.2) is 24.3 Å². The van der Waals surface area contributed by atoms with Gasteiger partial charge < -0.3 is 5.32 Å². The van der Waals surface area contributed by atoms with Gasteiger partial charge in [-0.25, -0.2) is 4.98 Å². The fraction of sp³-hybridized carbons (Fsp3) is 0.400. The van der Waals surface area contributed by atoms with Crippen molar-refractivity contribution < 1.29 is 0 Å². The van der Waals surface area contributed by atoms with E-state index in [4.69, 9.17) is 4.98 Å². The predicted octanol–water partition coefficient (Wildman–Crippen LogP) is 2.67. The molecular formula is C15H16N2S. The molecule has 0 bridgehead atoms. The van der Waals surface area contributed by atoms with Crippen molar-refractivity contribution in [3.63, 3.8) is 0 Å². The molecule has 0 radical (unpaired) electrons. The molecule has 2 aromatic rings. The van der Waals surface area contributed by atoms with Crippen molar-refractivity contribution in [1.82, 2.24) is 10.3 Å². The third kappa shape index (κ3) is 1.70. The summed E-state index contributed by atoms with van der Waals surface area (Å²) in [4.78, 5) is 6.36. The van der Waals surface area contributed by atoms with Crippen LogP contribution in [0.3, 0.4) is 0 Å². The van der Waals surface area contributed by atoms with Gasteiger partial charge in [-0.1, -0.05) is 24.3 Å². The second-order valence-corrected chi connectivity index (χ2v) is 6.34. The number of hydrogen-bond acceptors (Lipinski definition) is 3. The number of nitrogens with zero attached hydrogens (tertiary/aromatic N) is 1. The van der Waals surface area contributed by atoms with Gasteiger partial charge in [-0.05, 0) is 24.0 Å². The molecule has 4 rings (SSSR count). The first-order chi connectivity index (χ1) is 8.90. The van der Waals surface area contributed by atoms with E-state index in [1.165, 1.54) is 39.5 Å². The van der Waals surface area contributed by atoms with E-state index in [2.05, 4.69) is 29.6 Å². The number of hydrogen-bond donors (Lipinski definition) is 1. The summed E-state index contributed by atoms with van der Waals surface area (Å²) in [6, 6.07) is 8.84. The van der Waals surface area contributed by atoms with Crippen LogP contribution < -0.4 is 5.32 Å². The van der Waals surface area contributed by atoms with E-state index >= 15 is 0 Å². The van der Waals surface area contributed by atoms with Crippen molar-refractivity contribution in [3.05, 3.63) is 51.0 Å². The molecular weight excluding hydrogens is 240 g/mol. The summed E-state index contributed by atoms with van der Waals surface area (Å²) in [5.74, 6) is 0.623. The average molecular weight is 256 g/mol. The Morgan fingerprint density at radius 2 is 1.94 bits per heavy atom. The van der Waals surface area contributed by atoms with Gasteiger partial charge in [0.15, 0.2) is 0 Å². The zero-order chi connectivity index (χ0) is 11.9. The van der Waals surface area contributed by atoms with Crippen molar-refractivity contribution in [2.24, 2.45) is 0 Å². The summed E-state index contributed by atoms with van der Waals surface area (Å²) in [6.45, 7) is 2.10. The lowest BCUT2D eigenvalue weighted by Crippen LogP contribution is -2.22. The van der Waals surface area contributed by atoms with Gasteiger partial charge in [-0.15, -0.1) is 11.3 Å². The molecule has 0 unspecified atom stereocenters. The van der Waals surface area contributed by atoms with Crippen LogP contribution in [0.5, 0.6) is 0 Å². The Morgan fingerprint density at radius 3 is 2.67 bits per heavy atom. The lowest BCUT2D eigenvalue weighted by molar-refractivity contribution is 0.639. The monoisotopic (exact) mass is 256 g/mol. The summed E-state index contributed by atoms with van der Waals surface area (Å²) < 4.78 is 0. The molecule has 1 aromatic carbocycles. The Bertz CT molecular complexity index is 539. The SMILES string of the molecule is c1ccc2c(c1)CC(c1nc3c(s1)CNCC3)C2. The van der Waals surface area contributed by atoms with Crippen molar-refractivity contribution >= 4 is 11.3 Å². The molecule has 1 aliphatic carbocycles. The molecule has 0 saturated heterocycles. The lowest BCUT2D eigenvalue weighted by Gasteiger charge is -2.09. The lowest BCUT2D eigenvalue weighted by atomic mass is 10.1. The second-order valence-electron chi connectivity index (χ2n) is 5.22. The van der Waals surface area contributed by atoms with Gasteiger partial charge in [-0.3, -0.25) is 0 Å². The fourth-order valence-corrected chi connectivity index (χ4v) is 4.23. The van der Waals surface area contributed by atoms with Gasteiger partial charge in [0, 0.05) is 30.3 Å². The number of fused-ring (bicyclic) bond motifs is 2. The molecule has 0 amide bonds. The zero-order valence-corrected chi connectivity index (χ0v) is 11.1. The first-order valence-electron chi connectivity index (χ1n) is 6.66. The Morgan fingerprint density at radius 1 is 1.17 bits per heavy atom. The maximum atomic E-state index is 4.89. The van der Waals surface area contributed by atoms with Crippen LogP contribution >= 0.6 is 11.3 Å². The Balaban J connectivity index is 1.64. The largest absolute Gasteiger partial charge is 0.311 e. The normalized spacial score (nSPS) is 18.7. The molecule has 1 N–H and O–H groups in total. The maximum absolute atomic E-state index is 4.89. The first kappa shape index (κ1) is 10.7. The van der Waals surface area contributed by atoms with Crippen LogP contribution in [0.1, 0.15) is 32.6 Å². The van der Waals surface area contributed by atoms with E-state index in [-0.39, 0.29) is 0 Å². The Hall–Kier alpha value is -1.19. The van der Waals surface area contributed by atoms with Gasteiger partial charge >= 0.3 is 0 Å². The molecule has 2 heterocycles. The van der Waals surface area contributed by atoms with Crippen LogP contribution in [0.25, 0.3) is 0 Å². The molecule has 0 fully saturated rings. The predicted molar refractivity (Wildman–Crippen MR) is 74.1 cm³/mol. The maximum Gasteiger partial charge on any atom is 0.0969 e. The van der Waals surface area contributed by atoms with E-state index < -0.39 is 0 Å². The highest BCUT2D eigenvalue weighted by atomic mass is 32.1. The van der Waals surface area contributed by atoms with Crippen LogP contribution in [-0.2, 0) is 25.8 Å². The number of nitrogens with one attached hydrogen (secondary N) is 1. The van der Waals surface area contributed by atoms with Gasteiger partial charge in [-0.2, -0.15) is 0 Å². The van der Waals surface area contributed by atoms with Crippen molar-refractivity contribution in [2.45, 2.75) is 31.7 Å². The topological polar surface area (TPSA) is 24.9 Å². The number of aromatic nitrogens is 1. The van der Waals surface area contributed by atoms with Crippen molar-refractivity contribution in [1.29, 1.82) is 0 Å². The molecule has 18 heavy (non-hydrogen) atoms. The zero-order valence-electron chi connectivity index (χ0n) is 10.3. The van der Waals surface area contributed by atoms with E-state index in [9.17, 15) is 0 Å². The number of rotatable bonds is 1. The number of thiazole rings is 1. The highest BCUT2D eigenvalue weighted by Crippen LogP contribution is 2.37. The van der Waals surface area contributed by atoms with Gasteiger partial charge in [0.1, 0.15) is 0 Å². The third-order valence-corrected chi connectivity index (χ3v) is 5.28. The Labute approximate surface area is 111 Å². The molecule has 0 saturated carbocycles. The molecule has 92 valence electrons. The van der Waals surface area contributed by atoms with Gasteiger partial charge in [0.25, 0.3) is 0 Å². The van der Waals surface area contributed by atoms with Crippen molar-refractivity contribution in [3.8, 4) is 0 Å². The van der Waals surface area contributed by atoms with Crippen LogP contribution in [0, 0.1) is 0 Å². The summed E-state index contributed by atoms with van der Waals surface area (Å²) in [6.07, 6.45) is 3.46. The fourth-order valence-electron chi connectivity index (χ4n) is 3.05. The molecule has 1 aromatic heterocycles. The minimum absolute atomic E-state index is 0.623. The standard InChI is InChI=1S/C15H16N2S/c1-2-4-11-8-12(7-10(11)3-1)15-17-13-5-6-16-9-14(13)18-15/h1-4,12,16H,5-9H2. The van der Waals surface area contributed by atoms with Crippen LogP contribution in [-0.4, -0.2) is 11.5 Å². The molecule has 3 heteroatoms. The average Bonchev–Trinajstić information content (AvgIpc) is 3.02. The van der Waals surface area contributed by atoms with E-state index in [0.29, 0.717) is 5.92 Å².